The molecule has 0 fully saturated rings. The monoisotopic (exact) mass is 211 g/mol. The summed E-state index contributed by atoms with van der Waals surface area (Å²) in [5.41, 5.74) is 1.28. The van der Waals surface area contributed by atoms with Crippen LogP contribution in [0.5, 0.6) is 0 Å². The van der Waals surface area contributed by atoms with Crippen molar-refractivity contribution < 1.29 is 0 Å². The fourth-order valence-electron chi connectivity index (χ4n) is 1.40. The van der Waals surface area contributed by atoms with Gasteiger partial charge in [0.2, 0.25) is 0 Å². The van der Waals surface area contributed by atoms with Crippen LogP contribution in [-0.4, -0.2) is 21.4 Å². The van der Waals surface area contributed by atoms with Gasteiger partial charge in [0.25, 0.3) is 0 Å². The number of fused-ring (bicyclic) bond motifs is 1. The molecular weight excluding hydrogens is 198 g/mol. The third-order valence-electron chi connectivity index (χ3n) is 2.16. The molecule has 3 nitrogen and oxygen atoms in total. The quantitative estimate of drug-likeness (QED) is 0.659. The highest BCUT2D eigenvalue weighted by molar-refractivity contribution is 5.33. The molecule has 0 radical (unpaired) electrons. The van der Waals surface area contributed by atoms with Crippen molar-refractivity contribution in [1.29, 1.82) is 0 Å². The van der Waals surface area contributed by atoms with Gasteiger partial charge < -0.3 is 4.90 Å². The maximum Gasteiger partial charge on any atom is 0.115 e. The number of hydrogen-bond acceptors (Lipinski definition) is 3. The normalized spacial score (nSPS) is 16.0. The number of rotatable bonds is 0. The summed E-state index contributed by atoms with van der Waals surface area (Å²) in [6.45, 7) is 1.01. The van der Waals surface area contributed by atoms with Gasteiger partial charge in [0.15, 0.2) is 0 Å². The second kappa shape index (κ2) is 5.66. The molecule has 2 aliphatic heterocycles. The van der Waals surface area contributed by atoms with Crippen LogP contribution in [0.1, 0.15) is 0 Å². The average molecular weight is 211 g/mol. The van der Waals surface area contributed by atoms with Crippen LogP contribution in [-0.2, 0) is 0 Å². The fraction of sp³-hybridized carbons (Fsp3) is 0.0769. The average Bonchev–Trinajstić information content (AvgIpc) is 2.42. The SMILES string of the molecule is C1=CCN2C=CC=CC2=C1.c1cncnc1. The first-order valence-corrected chi connectivity index (χ1v) is 5.15. The lowest BCUT2D eigenvalue weighted by Gasteiger charge is -2.23. The van der Waals surface area contributed by atoms with Gasteiger partial charge in [-0.2, -0.15) is 0 Å². The van der Waals surface area contributed by atoms with Crippen molar-refractivity contribution in [2.24, 2.45) is 0 Å². The van der Waals surface area contributed by atoms with Crippen molar-refractivity contribution >= 4 is 0 Å². The molecular formula is C13H13N3. The van der Waals surface area contributed by atoms with Gasteiger partial charge in [-0.05, 0) is 24.3 Å². The van der Waals surface area contributed by atoms with Gasteiger partial charge in [-0.15, -0.1) is 0 Å². The van der Waals surface area contributed by atoms with Crippen LogP contribution in [0, 0.1) is 0 Å². The summed E-state index contributed by atoms with van der Waals surface area (Å²) in [5.74, 6) is 0. The molecule has 0 spiro atoms. The molecule has 0 aliphatic carbocycles. The molecule has 0 amide bonds. The van der Waals surface area contributed by atoms with Crippen LogP contribution < -0.4 is 0 Å². The molecule has 0 N–H and O–H groups in total. The lowest BCUT2D eigenvalue weighted by molar-refractivity contribution is 0.523. The predicted octanol–water partition coefficient (Wildman–Crippen LogP) is 2.30. The molecule has 0 unspecified atom stereocenters. The Balaban J connectivity index is 0.000000138. The van der Waals surface area contributed by atoms with Crippen molar-refractivity contribution in [3.63, 3.8) is 0 Å². The molecule has 0 aromatic carbocycles. The minimum atomic E-state index is 1.01. The molecule has 3 heterocycles. The lowest BCUT2D eigenvalue weighted by atomic mass is 10.2. The maximum absolute atomic E-state index is 3.67. The van der Waals surface area contributed by atoms with Crippen molar-refractivity contribution in [3.8, 4) is 0 Å². The maximum atomic E-state index is 3.67. The highest BCUT2D eigenvalue weighted by atomic mass is 15.1. The Hall–Kier alpha value is -2.16. The molecule has 0 atom stereocenters. The van der Waals surface area contributed by atoms with E-state index < -0.39 is 0 Å². The van der Waals surface area contributed by atoms with Crippen molar-refractivity contribution in [2.45, 2.75) is 0 Å². The van der Waals surface area contributed by atoms with E-state index in [0.717, 1.165) is 6.54 Å². The zero-order valence-electron chi connectivity index (χ0n) is 8.90. The molecule has 3 heteroatoms. The zero-order valence-corrected chi connectivity index (χ0v) is 8.90. The Kier molecular flexibility index (Phi) is 3.66. The molecule has 2 aliphatic rings. The van der Waals surface area contributed by atoms with Gasteiger partial charge in [0.1, 0.15) is 6.33 Å². The largest absolute Gasteiger partial charge is 0.344 e. The number of aromatic nitrogens is 2. The van der Waals surface area contributed by atoms with E-state index in [1.54, 1.807) is 18.5 Å². The molecule has 80 valence electrons. The summed E-state index contributed by atoms with van der Waals surface area (Å²) in [6, 6.07) is 1.78. The van der Waals surface area contributed by atoms with E-state index in [2.05, 4.69) is 57.5 Å². The van der Waals surface area contributed by atoms with E-state index in [1.165, 1.54) is 12.0 Å². The first kappa shape index (κ1) is 10.4. The Morgan fingerprint density at radius 2 is 1.94 bits per heavy atom. The second-order valence-electron chi connectivity index (χ2n) is 3.28. The summed E-state index contributed by atoms with van der Waals surface area (Å²) < 4.78 is 0. The van der Waals surface area contributed by atoms with Gasteiger partial charge in [0.05, 0.1) is 0 Å². The molecule has 0 saturated heterocycles. The number of hydrogen-bond donors (Lipinski definition) is 0. The lowest BCUT2D eigenvalue weighted by Crippen LogP contribution is -2.18. The van der Waals surface area contributed by atoms with Gasteiger partial charge >= 0.3 is 0 Å². The predicted molar refractivity (Wildman–Crippen MR) is 64.2 cm³/mol. The van der Waals surface area contributed by atoms with Gasteiger partial charge in [0, 0.05) is 30.8 Å². The summed E-state index contributed by atoms with van der Waals surface area (Å²) >= 11 is 0. The Morgan fingerprint density at radius 3 is 2.56 bits per heavy atom. The Bertz CT molecular complexity index is 403. The zero-order chi connectivity index (χ0) is 11.1. The first-order chi connectivity index (χ1) is 7.97. The standard InChI is InChI=1S/C9H9N.C4H4N2/c1-3-7-10-8-4-2-6-9(10)5-1;1-2-5-4-6-3-1/h1-7H,8H2;1-4H. The third-order valence-corrected chi connectivity index (χ3v) is 2.16. The molecule has 3 rings (SSSR count). The Labute approximate surface area is 95.2 Å². The van der Waals surface area contributed by atoms with Gasteiger partial charge in [-0.1, -0.05) is 18.2 Å². The van der Waals surface area contributed by atoms with E-state index in [4.69, 9.17) is 0 Å². The fourth-order valence-corrected chi connectivity index (χ4v) is 1.40. The van der Waals surface area contributed by atoms with Crippen molar-refractivity contribution in [1.82, 2.24) is 14.9 Å². The Morgan fingerprint density at radius 1 is 1.06 bits per heavy atom. The second-order valence-corrected chi connectivity index (χ2v) is 3.28. The van der Waals surface area contributed by atoms with Crippen LogP contribution in [0.2, 0.25) is 0 Å². The van der Waals surface area contributed by atoms with Crippen molar-refractivity contribution in [3.05, 3.63) is 73.1 Å². The minimum Gasteiger partial charge on any atom is -0.344 e. The first-order valence-electron chi connectivity index (χ1n) is 5.15. The highest BCUT2D eigenvalue weighted by Gasteiger charge is 2.05. The van der Waals surface area contributed by atoms with Gasteiger partial charge in [-0.25, -0.2) is 9.97 Å². The third kappa shape index (κ3) is 2.92. The smallest absolute Gasteiger partial charge is 0.115 e. The number of allylic oxidation sites excluding steroid dienone is 5. The topological polar surface area (TPSA) is 29.0 Å². The van der Waals surface area contributed by atoms with Crippen LogP contribution in [0.3, 0.4) is 0 Å². The molecule has 1 aromatic rings. The van der Waals surface area contributed by atoms with E-state index in [0.29, 0.717) is 0 Å². The molecule has 0 saturated carbocycles. The summed E-state index contributed by atoms with van der Waals surface area (Å²) in [7, 11) is 0. The van der Waals surface area contributed by atoms with Gasteiger partial charge in [-0.3, -0.25) is 0 Å². The minimum absolute atomic E-state index is 1.01. The molecule has 0 bridgehead atoms. The molecule has 1 aromatic heterocycles. The summed E-state index contributed by atoms with van der Waals surface area (Å²) in [4.78, 5) is 9.56. The van der Waals surface area contributed by atoms with Crippen LogP contribution in [0.25, 0.3) is 0 Å². The summed E-state index contributed by atoms with van der Waals surface area (Å²) in [5, 5.41) is 0. The van der Waals surface area contributed by atoms with E-state index >= 15 is 0 Å². The van der Waals surface area contributed by atoms with E-state index in [1.807, 2.05) is 0 Å². The number of nitrogens with zero attached hydrogens (tertiary/aromatic N) is 3. The van der Waals surface area contributed by atoms with E-state index in [-0.39, 0.29) is 0 Å². The molecule has 16 heavy (non-hydrogen) atoms. The van der Waals surface area contributed by atoms with E-state index in [9.17, 15) is 0 Å². The summed E-state index contributed by atoms with van der Waals surface area (Å²) in [6.07, 6.45) is 19.5. The highest BCUT2D eigenvalue weighted by Crippen LogP contribution is 2.14. The van der Waals surface area contributed by atoms with Crippen LogP contribution in [0.15, 0.2) is 73.1 Å². The van der Waals surface area contributed by atoms with Crippen molar-refractivity contribution in [2.75, 3.05) is 6.54 Å². The van der Waals surface area contributed by atoms with Crippen LogP contribution >= 0.6 is 0 Å². The van der Waals surface area contributed by atoms with Crippen LogP contribution in [0.4, 0.5) is 0 Å².